The van der Waals surface area contributed by atoms with Gasteiger partial charge in [0.2, 0.25) is 0 Å². The lowest BCUT2D eigenvalue weighted by molar-refractivity contribution is 1.60. The summed E-state index contributed by atoms with van der Waals surface area (Å²) in [7, 11) is 0. The van der Waals surface area contributed by atoms with Gasteiger partial charge in [-0.3, -0.25) is 0 Å². The molecule has 0 fully saturated rings. The summed E-state index contributed by atoms with van der Waals surface area (Å²) in [5.74, 6) is 0. The Morgan fingerprint density at radius 2 is 0.553 bits per heavy atom. The second kappa shape index (κ2) is 9.50. The minimum Gasteiger partial charge on any atom is -0.0622 e. The largest absolute Gasteiger partial charge is 0.0636 e. The molecule has 0 aromatic heterocycles. The molecule has 0 aliphatic carbocycles. The van der Waals surface area contributed by atoms with Gasteiger partial charge < -0.3 is 0 Å². The summed E-state index contributed by atoms with van der Waals surface area (Å²) in [5, 5.41) is -3.08. The normalized spacial score (nSPS) is 20.7. The zero-order valence-electron chi connectivity index (χ0n) is 45.0. The Balaban J connectivity index is 1.87. The van der Waals surface area contributed by atoms with Gasteiger partial charge in [0.05, 0.1) is 35.6 Å². The molecule has 0 radical (unpaired) electrons. The lowest BCUT2D eigenvalue weighted by Gasteiger charge is -2.18. The molecule has 0 heteroatoms. The van der Waals surface area contributed by atoms with E-state index in [1.165, 1.54) is 0 Å². The van der Waals surface area contributed by atoms with Crippen LogP contribution in [0.4, 0.5) is 0 Å². The highest BCUT2D eigenvalue weighted by Crippen LogP contribution is 2.44. The second-order valence-corrected chi connectivity index (χ2v) is 7.75. The highest BCUT2D eigenvalue weighted by Gasteiger charge is 2.17. The minimum absolute atomic E-state index is 0.767. The number of hydrogen-bond acceptors (Lipinski definition) is 0. The molecule has 0 aliphatic rings. The van der Waals surface area contributed by atoms with Crippen molar-refractivity contribution < 1.29 is 35.6 Å². The zero-order chi connectivity index (χ0) is 47.9. The molecular formula is C38H26. The molecule has 38 heavy (non-hydrogen) atoms. The first-order chi connectivity index (χ1) is 29.7. The summed E-state index contributed by atoms with van der Waals surface area (Å²) in [6.45, 7) is 0. The first kappa shape index (κ1) is 8.03. The van der Waals surface area contributed by atoms with Crippen LogP contribution in [0.25, 0.3) is 66.1 Å². The van der Waals surface area contributed by atoms with Crippen LogP contribution in [-0.4, -0.2) is 0 Å². The van der Waals surface area contributed by atoms with E-state index in [0.29, 0.717) is 0 Å². The fraction of sp³-hybridized carbons (Fsp3) is 0. The Morgan fingerprint density at radius 3 is 0.921 bits per heavy atom. The molecule has 0 spiro atoms. The van der Waals surface area contributed by atoms with Gasteiger partial charge in [-0.2, -0.15) is 0 Å². The van der Waals surface area contributed by atoms with Gasteiger partial charge in [0.1, 0.15) is 0 Å². The molecule has 0 saturated carbocycles. The predicted octanol–water partition coefficient (Wildman–Crippen LogP) is 10.7. The van der Waals surface area contributed by atoms with Crippen molar-refractivity contribution in [2.75, 3.05) is 0 Å². The topological polar surface area (TPSA) is 0 Å². The summed E-state index contributed by atoms with van der Waals surface area (Å²) < 4.78 is 228. The predicted molar refractivity (Wildman–Crippen MR) is 163 cm³/mol. The number of rotatable bonds is 4. The summed E-state index contributed by atoms with van der Waals surface area (Å²) in [4.78, 5) is 0. The Labute approximate surface area is 260 Å². The third-order valence-electron chi connectivity index (χ3n) is 5.62. The van der Waals surface area contributed by atoms with Crippen molar-refractivity contribution in [2.45, 2.75) is 0 Å². The van der Waals surface area contributed by atoms with Gasteiger partial charge in [-0.25, -0.2) is 0 Å². The average molecular weight is 509 g/mol. The lowest BCUT2D eigenvalue weighted by atomic mass is 9.85. The van der Waals surface area contributed by atoms with Gasteiger partial charge in [0.25, 0.3) is 0 Å². The summed E-state index contributed by atoms with van der Waals surface area (Å²) >= 11 is 0. The van der Waals surface area contributed by atoms with Crippen LogP contribution in [0.1, 0.15) is 35.6 Å². The van der Waals surface area contributed by atoms with E-state index < -0.39 is 223 Å². The first-order valence-corrected chi connectivity index (χ1v) is 11.0. The van der Waals surface area contributed by atoms with Gasteiger partial charge >= 0.3 is 0 Å². The van der Waals surface area contributed by atoms with Gasteiger partial charge in [-0.1, -0.05) is 145 Å². The van der Waals surface area contributed by atoms with Crippen molar-refractivity contribution in [1.82, 2.24) is 0 Å². The van der Waals surface area contributed by atoms with Crippen LogP contribution in [0, 0.1) is 0 Å². The molecular weight excluding hydrogens is 456 g/mol. The van der Waals surface area contributed by atoms with E-state index in [0.717, 1.165) is 0 Å². The molecule has 0 aliphatic heterocycles. The van der Waals surface area contributed by atoms with E-state index in [4.69, 9.17) is 27.4 Å². The van der Waals surface area contributed by atoms with Crippen molar-refractivity contribution in [2.24, 2.45) is 0 Å². The van der Waals surface area contributed by atoms with E-state index in [-0.39, 0.29) is 0 Å². The third-order valence-corrected chi connectivity index (χ3v) is 5.62. The maximum absolute atomic E-state index is 9.50. The SMILES string of the molecule is [2H]c1c([2H])c([2H])c(-c2c([2H])c([2H])c([2H])c(-c3c4c([2H])c([2H])c([2H])c([2H])c4c(-c4c([2H])c([2H])c([2H])c(-c5c([2H])c([2H])c([2H])c([2H])c5[2H])c4[2H])c4c([2H])c([2H])c([2H])c([2H])c34)c2[2H])c([2H])c1[2H]. The molecule has 0 saturated heterocycles. The molecule has 0 heterocycles. The second-order valence-electron chi connectivity index (χ2n) is 7.75. The first-order valence-electron chi connectivity index (χ1n) is 24.0. The third kappa shape index (κ3) is 3.88. The smallest absolute Gasteiger partial charge is 0.0622 e. The monoisotopic (exact) mass is 508 g/mol. The fourth-order valence-corrected chi connectivity index (χ4v) is 4.06. The molecule has 0 nitrogen and oxygen atoms in total. The fourth-order valence-electron chi connectivity index (χ4n) is 4.06. The molecule has 0 N–H and O–H groups in total. The van der Waals surface area contributed by atoms with Gasteiger partial charge in [0, 0.05) is 0 Å². The molecule has 7 aromatic rings. The van der Waals surface area contributed by atoms with E-state index in [9.17, 15) is 8.22 Å². The van der Waals surface area contributed by atoms with Crippen LogP contribution < -0.4 is 0 Å². The van der Waals surface area contributed by atoms with Crippen LogP contribution >= 0.6 is 0 Å². The summed E-state index contributed by atoms with van der Waals surface area (Å²) in [5.41, 5.74) is -6.46. The highest BCUT2D eigenvalue weighted by atomic mass is 14.2. The highest BCUT2D eigenvalue weighted by molar-refractivity contribution is 6.21. The average Bonchev–Trinajstić information content (AvgIpc) is 3.26. The molecule has 0 amide bonds. The number of benzene rings is 7. The minimum atomic E-state index is -1.05. The van der Waals surface area contributed by atoms with Crippen molar-refractivity contribution in [3.8, 4) is 44.5 Å². The van der Waals surface area contributed by atoms with Gasteiger partial charge in [-0.05, 0) is 78.1 Å². The lowest BCUT2D eigenvalue weighted by Crippen LogP contribution is -1.91. The maximum Gasteiger partial charge on any atom is 0.0636 e. The Hall–Kier alpha value is -4.94. The van der Waals surface area contributed by atoms with Crippen LogP contribution in [0.5, 0.6) is 0 Å². The number of fused-ring (bicyclic) bond motifs is 2. The molecule has 178 valence electrons. The van der Waals surface area contributed by atoms with E-state index in [2.05, 4.69) is 0 Å². The van der Waals surface area contributed by atoms with E-state index in [1.807, 2.05) is 0 Å². The van der Waals surface area contributed by atoms with E-state index >= 15 is 0 Å². The van der Waals surface area contributed by atoms with Gasteiger partial charge in [-0.15, -0.1) is 0 Å². The van der Waals surface area contributed by atoms with Crippen molar-refractivity contribution in [1.29, 1.82) is 0 Å². The quantitative estimate of drug-likeness (QED) is 0.207. The molecule has 0 unspecified atom stereocenters. The Morgan fingerprint density at radius 1 is 0.263 bits per heavy atom. The Kier molecular flexibility index (Phi) is 2.01. The molecule has 7 aromatic carbocycles. The van der Waals surface area contributed by atoms with Crippen molar-refractivity contribution >= 4 is 21.5 Å². The van der Waals surface area contributed by atoms with Gasteiger partial charge in [0.15, 0.2) is 0 Å². The van der Waals surface area contributed by atoms with Crippen LogP contribution in [-0.2, 0) is 0 Å². The molecule has 0 bridgehead atoms. The van der Waals surface area contributed by atoms with Crippen LogP contribution in [0.15, 0.2) is 157 Å². The summed E-state index contributed by atoms with van der Waals surface area (Å²) in [6, 6.07) is -25.4. The standard InChI is InChI=1S/C38H26/c1-3-13-27(14-4-1)29-17-11-19-31(25-29)37-33-21-7-9-23-35(33)38(36-24-10-8-22-34(36)37)32-20-12-18-30(26-32)28-15-5-2-6-16-28/h1-26H/i1D,2D,3D,4D,5D,6D,7D,8D,9D,10D,11D,12D,13D,14D,15D,16D,17D,18D,19D,20D,21D,22D,23D,24D,25D,26D. The molecule has 7 rings (SSSR count). The summed E-state index contributed by atoms with van der Waals surface area (Å²) in [6.07, 6.45) is 0. The van der Waals surface area contributed by atoms with E-state index in [1.54, 1.807) is 0 Å². The number of hydrogen-bond donors (Lipinski definition) is 0. The molecule has 0 atom stereocenters. The zero-order valence-corrected chi connectivity index (χ0v) is 19.0. The van der Waals surface area contributed by atoms with Crippen molar-refractivity contribution in [3.05, 3.63) is 157 Å². The maximum atomic E-state index is 9.50. The van der Waals surface area contributed by atoms with Crippen LogP contribution in [0.3, 0.4) is 0 Å². The Bertz CT molecular complexity index is 2980. The van der Waals surface area contributed by atoms with Crippen LogP contribution in [0.2, 0.25) is 0 Å². The van der Waals surface area contributed by atoms with Crippen molar-refractivity contribution in [3.63, 3.8) is 0 Å².